The summed E-state index contributed by atoms with van der Waals surface area (Å²) in [5.74, 6) is 3.38. The molecule has 0 bridgehead atoms. The van der Waals surface area contributed by atoms with Crippen LogP contribution in [0.1, 0.15) is 11.5 Å². The molecule has 0 saturated heterocycles. The van der Waals surface area contributed by atoms with Crippen molar-refractivity contribution in [3.63, 3.8) is 0 Å². The number of nitrogens with one attached hydrogen (secondary N) is 2. The molecule has 31 heavy (non-hydrogen) atoms. The summed E-state index contributed by atoms with van der Waals surface area (Å²) in [4.78, 5) is 8.66. The largest absolute Gasteiger partial charge is 0.454 e. The van der Waals surface area contributed by atoms with Gasteiger partial charge in [0, 0.05) is 37.1 Å². The molecular weight excluding hydrogens is 533 g/mol. The average Bonchev–Trinajstić information content (AvgIpc) is 3.42. The smallest absolute Gasteiger partial charge is 0.231 e. The van der Waals surface area contributed by atoms with E-state index in [2.05, 4.69) is 25.8 Å². The van der Waals surface area contributed by atoms with E-state index in [-0.39, 0.29) is 30.8 Å². The van der Waals surface area contributed by atoms with Gasteiger partial charge in [-0.1, -0.05) is 35.0 Å². The summed E-state index contributed by atoms with van der Waals surface area (Å²) in [5, 5.41) is 11.2. The van der Waals surface area contributed by atoms with Crippen molar-refractivity contribution in [3.8, 4) is 22.9 Å². The van der Waals surface area contributed by atoms with Crippen molar-refractivity contribution in [2.75, 3.05) is 26.9 Å². The lowest BCUT2D eigenvalue weighted by Crippen LogP contribution is -2.39. The summed E-state index contributed by atoms with van der Waals surface area (Å²) in [5.41, 5.74) is 1.99. The van der Waals surface area contributed by atoms with Gasteiger partial charge in [0.05, 0.1) is 0 Å². The molecule has 1 aromatic heterocycles. The van der Waals surface area contributed by atoms with Crippen molar-refractivity contribution < 1.29 is 14.0 Å². The van der Waals surface area contributed by atoms with Crippen LogP contribution in [-0.4, -0.2) is 43.0 Å². The van der Waals surface area contributed by atoms with E-state index in [0.717, 1.165) is 30.0 Å². The van der Waals surface area contributed by atoms with Gasteiger partial charge in [-0.2, -0.15) is 4.98 Å². The Morgan fingerprint density at radius 2 is 1.87 bits per heavy atom. The first-order valence-electron chi connectivity index (χ1n) is 9.63. The Bertz CT molecular complexity index is 1040. The molecule has 1 aliphatic rings. The lowest BCUT2D eigenvalue weighted by atomic mass is 10.1. The topological polar surface area (TPSA) is 93.8 Å². The van der Waals surface area contributed by atoms with Gasteiger partial charge >= 0.3 is 0 Å². The summed E-state index contributed by atoms with van der Waals surface area (Å²) in [6, 6.07) is 13.3. The van der Waals surface area contributed by atoms with Crippen molar-refractivity contribution >= 4 is 41.5 Å². The minimum Gasteiger partial charge on any atom is -0.454 e. The monoisotopic (exact) mass is 555 g/mol. The molecule has 1 aliphatic heterocycles. The Hall–Kier alpha value is -2.53. The number of ether oxygens (including phenoxy) is 2. The van der Waals surface area contributed by atoms with Gasteiger partial charge in [-0.15, -0.1) is 24.0 Å². The molecule has 0 aliphatic carbocycles. The average molecular weight is 556 g/mol. The van der Waals surface area contributed by atoms with Crippen LogP contribution in [0.25, 0.3) is 11.4 Å². The third-order valence-electron chi connectivity index (χ3n) is 4.55. The highest BCUT2D eigenvalue weighted by atomic mass is 127. The van der Waals surface area contributed by atoms with Gasteiger partial charge in [-0.25, -0.2) is 0 Å². The second-order valence-corrected chi connectivity index (χ2v) is 7.07. The van der Waals surface area contributed by atoms with Gasteiger partial charge < -0.3 is 24.6 Å². The molecule has 164 valence electrons. The number of benzene rings is 2. The molecule has 0 unspecified atom stereocenters. The van der Waals surface area contributed by atoms with Crippen LogP contribution in [0.15, 0.2) is 52.0 Å². The fourth-order valence-corrected chi connectivity index (χ4v) is 3.22. The first kappa shape index (κ1) is 23.1. The second-order valence-electron chi connectivity index (χ2n) is 6.64. The zero-order chi connectivity index (χ0) is 20.8. The standard InChI is InChI=1S/C21H22ClN5O3.HI/c1-23-21(24-9-7-14-5-6-17-18(11-14)29-13-28-17)25-10-8-19-26-20(27-30-19)15-3-2-4-16(22)12-15;/h2-6,11-12H,7-10,13H2,1H3,(H2,23,24,25);1H. The van der Waals surface area contributed by atoms with Crippen LogP contribution in [0.5, 0.6) is 11.5 Å². The second kappa shape index (κ2) is 11.2. The van der Waals surface area contributed by atoms with E-state index in [1.54, 1.807) is 19.2 Å². The lowest BCUT2D eigenvalue weighted by Gasteiger charge is -2.11. The SMILES string of the molecule is CN=C(NCCc1ccc2c(c1)OCO2)NCCc1nc(-c2cccc(Cl)c2)no1.I. The number of guanidine groups is 1. The van der Waals surface area contributed by atoms with E-state index in [1.165, 1.54) is 5.56 Å². The molecule has 2 N–H and O–H groups in total. The Morgan fingerprint density at radius 3 is 2.68 bits per heavy atom. The summed E-state index contributed by atoms with van der Waals surface area (Å²) in [6.07, 6.45) is 1.42. The summed E-state index contributed by atoms with van der Waals surface area (Å²) in [7, 11) is 1.74. The Labute approximate surface area is 202 Å². The number of aliphatic imine (C=N–C) groups is 1. The van der Waals surface area contributed by atoms with E-state index in [1.807, 2.05) is 30.3 Å². The van der Waals surface area contributed by atoms with Crippen LogP contribution >= 0.6 is 35.6 Å². The van der Waals surface area contributed by atoms with Crippen LogP contribution in [0.4, 0.5) is 0 Å². The van der Waals surface area contributed by atoms with Crippen LogP contribution in [-0.2, 0) is 12.8 Å². The third-order valence-corrected chi connectivity index (χ3v) is 4.78. The fourth-order valence-electron chi connectivity index (χ4n) is 3.03. The maximum atomic E-state index is 6.01. The quantitative estimate of drug-likeness (QED) is 0.261. The number of hydrogen-bond acceptors (Lipinski definition) is 6. The molecule has 10 heteroatoms. The summed E-state index contributed by atoms with van der Waals surface area (Å²) in [6.45, 7) is 1.63. The molecule has 4 rings (SSSR count). The normalized spacial score (nSPS) is 12.4. The molecule has 3 aromatic rings. The summed E-state index contributed by atoms with van der Waals surface area (Å²) < 4.78 is 16.1. The number of aromatic nitrogens is 2. The highest BCUT2D eigenvalue weighted by Crippen LogP contribution is 2.32. The van der Waals surface area contributed by atoms with E-state index >= 15 is 0 Å². The number of rotatable bonds is 7. The minimum atomic E-state index is 0. The molecule has 0 atom stereocenters. The predicted molar refractivity (Wildman–Crippen MR) is 129 cm³/mol. The van der Waals surface area contributed by atoms with Crippen molar-refractivity contribution in [1.82, 2.24) is 20.8 Å². The molecule has 0 saturated carbocycles. The van der Waals surface area contributed by atoms with Crippen molar-refractivity contribution in [2.24, 2.45) is 4.99 Å². The van der Waals surface area contributed by atoms with Crippen LogP contribution in [0.3, 0.4) is 0 Å². The lowest BCUT2D eigenvalue weighted by molar-refractivity contribution is 0.174. The predicted octanol–water partition coefficient (Wildman–Crippen LogP) is 3.69. The maximum Gasteiger partial charge on any atom is 0.231 e. The van der Waals surface area contributed by atoms with E-state index in [9.17, 15) is 0 Å². The highest BCUT2D eigenvalue weighted by Gasteiger charge is 2.13. The van der Waals surface area contributed by atoms with Gasteiger partial charge in [0.2, 0.25) is 18.5 Å². The molecule has 8 nitrogen and oxygen atoms in total. The molecule has 0 amide bonds. The van der Waals surface area contributed by atoms with Crippen LogP contribution in [0.2, 0.25) is 5.02 Å². The van der Waals surface area contributed by atoms with E-state index in [4.69, 9.17) is 25.6 Å². The van der Waals surface area contributed by atoms with Crippen molar-refractivity contribution in [1.29, 1.82) is 0 Å². The first-order chi connectivity index (χ1) is 14.7. The Morgan fingerprint density at radius 1 is 1.06 bits per heavy atom. The van der Waals surface area contributed by atoms with E-state index < -0.39 is 0 Å². The maximum absolute atomic E-state index is 6.01. The third kappa shape index (κ3) is 6.23. The van der Waals surface area contributed by atoms with Gasteiger partial charge in [-0.05, 0) is 36.2 Å². The number of hydrogen-bond donors (Lipinski definition) is 2. The molecule has 0 spiro atoms. The molecule has 0 radical (unpaired) electrons. The zero-order valence-electron chi connectivity index (χ0n) is 16.9. The Balaban J connectivity index is 0.00000272. The van der Waals surface area contributed by atoms with Gasteiger partial charge in [0.15, 0.2) is 17.5 Å². The summed E-state index contributed by atoms with van der Waals surface area (Å²) >= 11 is 6.01. The number of nitrogens with zero attached hydrogens (tertiary/aromatic N) is 3. The molecule has 2 heterocycles. The number of halogens is 2. The fraction of sp³-hybridized carbons (Fsp3) is 0.286. The zero-order valence-corrected chi connectivity index (χ0v) is 20.0. The van der Waals surface area contributed by atoms with E-state index in [0.29, 0.717) is 35.7 Å². The first-order valence-corrected chi connectivity index (χ1v) is 10.0. The number of fused-ring (bicyclic) bond motifs is 1. The van der Waals surface area contributed by atoms with Gasteiger partial charge in [0.25, 0.3) is 0 Å². The van der Waals surface area contributed by atoms with Crippen LogP contribution < -0.4 is 20.1 Å². The molecule has 2 aromatic carbocycles. The Kier molecular flexibility index (Phi) is 8.35. The van der Waals surface area contributed by atoms with Gasteiger partial charge in [0.1, 0.15) is 0 Å². The molecule has 0 fully saturated rings. The molecular formula is C21H23ClIN5O3. The van der Waals surface area contributed by atoms with Crippen LogP contribution in [0, 0.1) is 0 Å². The van der Waals surface area contributed by atoms with Crippen molar-refractivity contribution in [3.05, 3.63) is 58.9 Å². The minimum absolute atomic E-state index is 0. The highest BCUT2D eigenvalue weighted by molar-refractivity contribution is 14.0. The van der Waals surface area contributed by atoms with Gasteiger partial charge in [-0.3, -0.25) is 4.99 Å². The van der Waals surface area contributed by atoms with Crippen molar-refractivity contribution in [2.45, 2.75) is 12.8 Å².